The third-order valence-electron chi connectivity index (χ3n) is 3.95. The largest absolute Gasteiger partial charge is 0.480 e. The van der Waals surface area contributed by atoms with Gasteiger partial charge in [-0.3, -0.25) is 18.8 Å². The van der Waals surface area contributed by atoms with Gasteiger partial charge < -0.3 is 20.5 Å². The molecule has 9 heteroatoms. The number of fused-ring (bicyclic) bond motifs is 1. The Kier molecular flexibility index (Phi) is 5.72. The minimum atomic E-state index is -1.13. The fourth-order valence-electron chi connectivity index (χ4n) is 2.50. The van der Waals surface area contributed by atoms with E-state index in [0.29, 0.717) is 17.2 Å². The molecule has 2 aromatic heterocycles. The monoisotopic (exact) mass is 376 g/mol. The van der Waals surface area contributed by atoms with Crippen molar-refractivity contribution >= 4 is 29.3 Å². The maximum Gasteiger partial charge on any atom is 0.325 e. The second kappa shape index (κ2) is 7.65. The Morgan fingerprint density at radius 3 is 2.56 bits per heavy atom. The van der Waals surface area contributed by atoms with E-state index in [1.54, 1.807) is 22.7 Å². The van der Waals surface area contributed by atoms with Gasteiger partial charge in [-0.15, -0.1) is 0 Å². The summed E-state index contributed by atoms with van der Waals surface area (Å²) in [6, 6.07) is 2.19. The molecular weight excluding hydrogens is 352 g/mol. The highest BCUT2D eigenvalue weighted by atomic mass is 16.5. The van der Waals surface area contributed by atoms with E-state index >= 15 is 0 Å². The van der Waals surface area contributed by atoms with E-state index < -0.39 is 23.9 Å². The van der Waals surface area contributed by atoms with Gasteiger partial charge >= 0.3 is 11.9 Å². The van der Waals surface area contributed by atoms with E-state index in [1.807, 2.05) is 20.8 Å². The van der Waals surface area contributed by atoms with E-state index in [1.165, 1.54) is 14.0 Å². The molecule has 0 aromatic carbocycles. The van der Waals surface area contributed by atoms with Crippen LogP contribution in [0.4, 0.5) is 5.82 Å². The van der Waals surface area contributed by atoms with Crippen molar-refractivity contribution < 1.29 is 24.2 Å². The van der Waals surface area contributed by atoms with Crippen molar-refractivity contribution in [3.8, 4) is 0 Å². The molecule has 0 fully saturated rings. The zero-order valence-electron chi connectivity index (χ0n) is 16.0. The predicted molar refractivity (Wildman–Crippen MR) is 99.0 cm³/mol. The number of carbonyl (C=O) groups is 3. The number of anilines is 1. The standard InChI is InChI=1S/C18H24N4O5/c1-10(17(25)26)20-16(24)11-7-6-8-22-14(11)21-13(18(2,3)4)15(22)19-9-12(23)27-5/h6-8,10,19H,9H2,1-5H3,(H,20,24)(H,25,26). The Morgan fingerprint density at radius 1 is 1.33 bits per heavy atom. The number of aliphatic carboxylic acids is 1. The van der Waals surface area contributed by atoms with E-state index in [9.17, 15) is 14.4 Å². The average molecular weight is 376 g/mol. The number of hydrogen-bond donors (Lipinski definition) is 3. The number of rotatable bonds is 6. The fraction of sp³-hybridized carbons (Fsp3) is 0.444. The van der Waals surface area contributed by atoms with Crippen molar-refractivity contribution in [2.45, 2.75) is 39.2 Å². The topological polar surface area (TPSA) is 122 Å². The van der Waals surface area contributed by atoms with Crippen LogP contribution < -0.4 is 10.6 Å². The Bertz CT molecular complexity index is 882. The van der Waals surface area contributed by atoms with Crippen LogP contribution in [-0.2, 0) is 19.7 Å². The summed E-state index contributed by atoms with van der Waals surface area (Å²) in [5.74, 6) is -1.53. The minimum absolute atomic E-state index is 0.0557. The van der Waals surface area contributed by atoms with Crippen molar-refractivity contribution in [3.05, 3.63) is 29.6 Å². The zero-order valence-corrected chi connectivity index (χ0v) is 16.0. The van der Waals surface area contributed by atoms with E-state index in [-0.39, 0.29) is 17.5 Å². The number of carboxylic acid groups (broad SMARTS) is 1. The highest BCUT2D eigenvalue weighted by molar-refractivity contribution is 6.01. The molecule has 0 aliphatic carbocycles. The van der Waals surface area contributed by atoms with Gasteiger partial charge in [0.2, 0.25) is 0 Å². The van der Waals surface area contributed by atoms with Gasteiger partial charge in [-0.1, -0.05) is 20.8 Å². The predicted octanol–water partition coefficient (Wildman–Crippen LogP) is 1.42. The summed E-state index contributed by atoms with van der Waals surface area (Å²) in [5.41, 5.74) is 0.900. The van der Waals surface area contributed by atoms with Crippen LogP contribution >= 0.6 is 0 Å². The number of aromatic nitrogens is 2. The molecule has 2 heterocycles. The van der Waals surface area contributed by atoms with Crippen molar-refractivity contribution in [2.24, 2.45) is 0 Å². The fourth-order valence-corrected chi connectivity index (χ4v) is 2.50. The molecule has 2 rings (SSSR count). The lowest BCUT2D eigenvalue weighted by Crippen LogP contribution is -2.38. The van der Waals surface area contributed by atoms with Crippen LogP contribution in [0.5, 0.6) is 0 Å². The number of ether oxygens (including phenoxy) is 1. The Hall–Kier alpha value is -3.10. The summed E-state index contributed by atoms with van der Waals surface area (Å²) in [4.78, 5) is 39.7. The summed E-state index contributed by atoms with van der Waals surface area (Å²) < 4.78 is 6.33. The first-order valence-electron chi connectivity index (χ1n) is 8.42. The molecule has 1 atom stereocenters. The molecule has 0 bridgehead atoms. The van der Waals surface area contributed by atoms with Crippen molar-refractivity contribution in [1.29, 1.82) is 0 Å². The van der Waals surface area contributed by atoms with Crippen molar-refractivity contribution in [1.82, 2.24) is 14.7 Å². The highest BCUT2D eigenvalue weighted by Crippen LogP contribution is 2.31. The quantitative estimate of drug-likeness (QED) is 0.652. The smallest absolute Gasteiger partial charge is 0.325 e. The molecule has 27 heavy (non-hydrogen) atoms. The maximum absolute atomic E-state index is 12.5. The van der Waals surface area contributed by atoms with Crippen LogP contribution in [0, 0.1) is 0 Å². The maximum atomic E-state index is 12.5. The first-order valence-corrected chi connectivity index (χ1v) is 8.42. The number of methoxy groups -OCH3 is 1. The molecule has 9 nitrogen and oxygen atoms in total. The number of carbonyl (C=O) groups excluding carboxylic acids is 2. The molecule has 0 radical (unpaired) electrons. The molecule has 1 amide bonds. The van der Waals surface area contributed by atoms with Gasteiger partial charge in [-0.25, -0.2) is 4.98 Å². The van der Waals surface area contributed by atoms with Gasteiger partial charge in [-0.2, -0.15) is 0 Å². The first kappa shape index (κ1) is 20.2. The van der Waals surface area contributed by atoms with E-state index in [0.717, 1.165) is 0 Å². The number of nitrogens with zero attached hydrogens (tertiary/aromatic N) is 2. The SMILES string of the molecule is COC(=O)CNc1c(C(C)(C)C)nc2c(C(=O)NC(C)C(=O)O)cccn12. The van der Waals surface area contributed by atoms with Gasteiger partial charge in [0.1, 0.15) is 18.4 Å². The zero-order chi connectivity index (χ0) is 20.4. The number of esters is 1. The average Bonchev–Trinajstić information content (AvgIpc) is 2.98. The van der Waals surface area contributed by atoms with Gasteiger partial charge in [0.15, 0.2) is 5.65 Å². The van der Waals surface area contributed by atoms with Crippen LogP contribution in [0.25, 0.3) is 5.65 Å². The van der Waals surface area contributed by atoms with Gasteiger partial charge in [0, 0.05) is 11.6 Å². The molecule has 2 aromatic rings. The lowest BCUT2D eigenvalue weighted by Gasteiger charge is -2.18. The molecule has 0 aliphatic rings. The van der Waals surface area contributed by atoms with Crippen molar-refractivity contribution in [3.63, 3.8) is 0 Å². The molecule has 0 saturated heterocycles. The lowest BCUT2D eigenvalue weighted by molar-refractivity contribution is -0.139. The summed E-state index contributed by atoms with van der Waals surface area (Å²) in [6.45, 7) is 7.22. The molecule has 1 unspecified atom stereocenters. The third-order valence-corrected chi connectivity index (χ3v) is 3.95. The summed E-state index contributed by atoms with van der Waals surface area (Å²) in [5, 5.41) is 14.4. The van der Waals surface area contributed by atoms with Crippen LogP contribution in [-0.4, -0.2) is 52.0 Å². The summed E-state index contributed by atoms with van der Waals surface area (Å²) in [6.07, 6.45) is 1.72. The highest BCUT2D eigenvalue weighted by Gasteiger charge is 2.27. The minimum Gasteiger partial charge on any atom is -0.480 e. The van der Waals surface area contributed by atoms with Gasteiger partial charge in [-0.05, 0) is 19.1 Å². The number of imidazole rings is 1. The first-order chi connectivity index (χ1) is 12.6. The van der Waals surface area contributed by atoms with E-state index in [2.05, 4.69) is 20.4 Å². The molecule has 0 spiro atoms. The van der Waals surface area contributed by atoms with Crippen LogP contribution in [0.2, 0.25) is 0 Å². The number of carboxylic acids is 1. The van der Waals surface area contributed by atoms with Crippen LogP contribution in [0.1, 0.15) is 43.7 Å². The van der Waals surface area contributed by atoms with Gasteiger partial charge in [0.25, 0.3) is 5.91 Å². The Balaban J connectivity index is 2.54. The normalized spacial score (nSPS) is 12.5. The van der Waals surface area contributed by atoms with Crippen LogP contribution in [0.15, 0.2) is 18.3 Å². The number of amides is 1. The number of hydrogen-bond acceptors (Lipinski definition) is 6. The number of nitrogens with one attached hydrogen (secondary N) is 2. The third kappa shape index (κ3) is 4.36. The summed E-state index contributed by atoms with van der Waals surface area (Å²) in [7, 11) is 1.30. The molecule has 146 valence electrons. The Labute approximate surface area is 156 Å². The number of pyridine rings is 1. The molecule has 3 N–H and O–H groups in total. The Morgan fingerprint density at radius 2 is 2.00 bits per heavy atom. The van der Waals surface area contributed by atoms with Gasteiger partial charge in [0.05, 0.1) is 18.4 Å². The summed E-state index contributed by atoms with van der Waals surface area (Å²) >= 11 is 0. The van der Waals surface area contributed by atoms with Crippen LogP contribution in [0.3, 0.4) is 0 Å². The molecular formula is C18H24N4O5. The lowest BCUT2D eigenvalue weighted by atomic mass is 9.92. The second-order valence-electron chi connectivity index (χ2n) is 7.14. The second-order valence-corrected chi connectivity index (χ2v) is 7.14. The van der Waals surface area contributed by atoms with E-state index in [4.69, 9.17) is 5.11 Å². The van der Waals surface area contributed by atoms with Crippen molar-refractivity contribution in [2.75, 3.05) is 19.0 Å². The molecule has 0 saturated carbocycles. The molecule has 0 aliphatic heterocycles.